The Labute approximate surface area is 176 Å². The number of likely N-dealkylation sites (tertiary alicyclic amines) is 1. The molecule has 9 heteroatoms. The number of hydrogen-bond donors (Lipinski definition) is 3. The molecule has 1 fully saturated rings. The first kappa shape index (κ1) is 23.0. The smallest absolute Gasteiger partial charge is 0.409 e. The van der Waals surface area contributed by atoms with Gasteiger partial charge in [0.05, 0.1) is 13.2 Å². The minimum Gasteiger partial charge on any atom is -0.450 e. The maximum atomic E-state index is 11.7. The summed E-state index contributed by atoms with van der Waals surface area (Å²) < 4.78 is 5.01. The van der Waals surface area contributed by atoms with Gasteiger partial charge < -0.3 is 26.0 Å². The van der Waals surface area contributed by atoms with Crippen LogP contribution in [0.5, 0.6) is 0 Å². The lowest BCUT2D eigenvalue weighted by atomic mass is 10.1. The van der Waals surface area contributed by atoms with Crippen LogP contribution in [0.15, 0.2) is 29.3 Å². The van der Waals surface area contributed by atoms with E-state index in [-0.39, 0.29) is 42.0 Å². The van der Waals surface area contributed by atoms with Crippen LogP contribution in [0, 0.1) is 0 Å². The summed E-state index contributed by atoms with van der Waals surface area (Å²) >= 11 is 0. The minimum atomic E-state index is -0.261. The number of amides is 2. The number of guanidine groups is 1. The lowest BCUT2D eigenvalue weighted by Crippen LogP contribution is -2.48. The van der Waals surface area contributed by atoms with Crippen LogP contribution in [0.1, 0.15) is 35.7 Å². The molecule has 1 saturated heterocycles. The molecule has 4 N–H and O–H groups in total. The maximum Gasteiger partial charge on any atom is 0.409 e. The lowest BCUT2D eigenvalue weighted by Gasteiger charge is -2.31. The molecule has 150 valence electrons. The van der Waals surface area contributed by atoms with E-state index in [1.807, 2.05) is 12.1 Å². The predicted molar refractivity (Wildman–Crippen MR) is 115 cm³/mol. The number of nitrogens with two attached hydrogens (primary N) is 1. The molecule has 0 unspecified atom stereocenters. The number of aliphatic imine (C=N–C) groups is 1. The quantitative estimate of drug-likeness (QED) is 0.332. The number of benzene rings is 1. The molecule has 2 amide bonds. The van der Waals surface area contributed by atoms with Crippen molar-refractivity contribution >= 4 is 41.9 Å². The largest absolute Gasteiger partial charge is 0.450 e. The maximum absolute atomic E-state index is 11.7. The molecule has 8 nitrogen and oxygen atoms in total. The van der Waals surface area contributed by atoms with E-state index >= 15 is 0 Å². The molecule has 0 bridgehead atoms. The van der Waals surface area contributed by atoms with Crippen LogP contribution in [0.3, 0.4) is 0 Å². The normalized spacial score (nSPS) is 14.9. The zero-order chi connectivity index (χ0) is 18.9. The molecule has 1 heterocycles. The topological polar surface area (TPSA) is 109 Å². The average Bonchev–Trinajstić information content (AvgIpc) is 2.66. The van der Waals surface area contributed by atoms with E-state index in [9.17, 15) is 9.59 Å². The SMILES string of the molecule is CCOC(=O)N1CCC(NC(N)=NCc2cccc(C(=O)NC)c2)CC1.I. The Bertz CT molecular complexity index is 660. The Kier molecular flexibility index (Phi) is 9.90. The zero-order valence-corrected chi connectivity index (χ0v) is 18.1. The van der Waals surface area contributed by atoms with Crippen LogP contribution in [0.2, 0.25) is 0 Å². The van der Waals surface area contributed by atoms with Gasteiger partial charge in [0, 0.05) is 31.7 Å². The fourth-order valence-electron chi connectivity index (χ4n) is 2.81. The molecule has 2 rings (SSSR count). The second-order valence-corrected chi connectivity index (χ2v) is 6.09. The van der Waals surface area contributed by atoms with Gasteiger partial charge in [-0.3, -0.25) is 4.79 Å². The van der Waals surface area contributed by atoms with E-state index in [0.29, 0.717) is 37.8 Å². The first-order chi connectivity index (χ1) is 12.5. The minimum absolute atomic E-state index is 0. The van der Waals surface area contributed by atoms with Crippen molar-refractivity contribution < 1.29 is 14.3 Å². The summed E-state index contributed by atoms with van der Waals surface area (Å²) in [6, 6.07) is 7.46. The summed E-state index contributed by atoms with van der Waals surface area (Å²) in [5.74, 6) is 0.236. The van der Waals surface area contributed by atoms with Crippen LogP contribution in [0.4, 0.5) is 4.79 Å². The van der Waals surface area contributed by atoms with Gasteiger partial charge in [-0.2, -0.15) is 0 Å². The number of nitrogens with zero attached hydrogens (tertiary/aromatic N) is 2. The highest BCUT2D eigenvalue weighted by Crippen LogP contribution is 2.11. The lowest BCUT2D eigenvalue weighted by molar-refractivity contribution is 0.0955. The fourth-order valence-corrected chi connectivity index (χ4v) is 2.81. The molecule has 1 aromatic rings. The summed E-state index contributed by atoms with van der Waals surface area (Å²) in [4.78, 5) is 29.4. The number of ether oxygens (including phenoxy) is 1. The van der Waals surface area contributed by atoms with Gasteiger partial charge in [0.15, 0.2) is 5.96 Å². The molecule has 1 aromatic carbocycles. The van der Waals surface area contributed by atoms with Gasteiger partial charge in [-0.25, -0.2) is 9.79 Å². The number of halogens is 1. The Morgan fingerprint density at radius 3 is 2.67 bits per heavy atom. The van der Waals surface area contributed by atoms with E-state index in [2.05, 4.69) is 15.6 Å². The third-order valence-corrected chi connectivity index (χ3v) is 4.22. The molecule has 0 atom stereocenters. The molecule has 0 spiro atoms. The van der Waals surface area contributed by atoms with Crippen molar-refractivity contribution in [2.75, 3.05) is 26.7 Å². The Morgan fingerprint density at radius 1 is 1.33 bits per heavy atom. The van der Waals surface area contributed by atoms with Crippen molar-refractivity contribution in [3.63, 3.8) is 0 Å². The van der Waals surface area contributed by atoms with Crippen LogP contribution in [-0.2, 0) is 11.3 Å². The standard InChI is InChI=1S/C18H27N5O3.HI/c1-3-26-18(25)23-9-7-15(8-10-23)22-17(19)21-12-13-5-4-6-14(11-13)16(24)20-2;/h4-6,11,15H,3,7-10,12H2,1-2H3,(H,20,24)(H3,19,21,22);1H. The number of rotatable bonds is 5. The number of hydrogen-bond acceptors (Lipinski definition) is 4. The Morgan fingerprint density at radius 2 is 2.04 bits per heavy atom. The molecule has 0 aromatic heterocycles. The van der Waals surface area contributed by atoms with E-state index in [0.717, 1.165) is 18.4 Å². The number of piperidine rings is 1. The summed E-state index contributed by atoms with van der Waals surface area (Å²) in [5, 5.41) is 5.80. The molecule has 27 heavy (non-hydrogen) atoms. The molecule has 0 saturated carbocycles. The predicted octanol–water partition coefficient (Wildman–Crippen LogP) is 1.69. The van der Waals surface area contributed by atoms with Crippen molar-refractivity contribution in [1.29, 1.82) is 0 Å². The molecular weight excluding hydrogens is 461 g/mol. The fraction of sp³-hybridized carbons (Fsp3) is 0.500. The van der Waals surface area contributed by atoms with Crippen molar-refractivity contribution in [3.05, 3.63) is 35.4 Å². The number of nitrogens with one attached hydrogen (secondary N) is 2. The Hall–Kier alpha value is -2.04. The van der Waals surface area contributed by atoms with Crippen LogP contribution in [-0.4, -0.2) is 55.6 Å². The van der Waals surface area contributed by atoms with Crippen LogP contribution < -0.4 is 16.4 Å². The highest BCUT2D eigenvalue weighted by molar-refractivity contribution is 14.0. The Balaban J connectivity index is 0.00000364. The molecular formula is C18H28IN5O3. The van der Waals surface area contributed by atoms with Gasteiger partial charge in [0.2, 0.25) is 0 Å². The molecule has 0 radical (unpaired) electrons. The van der Waals surface area contributed by atoms with Crippen molar-refractivity contribution in [2.24, 2.45) is 10.7 Å². The van der Waals surface area contributed by atoms with Crippen molar-refractivity contribution in [1.82, 2.24) is 15.5 Å². The number of carbonyl (C=O) groups is 2. The van der Waals surface area contributed by atoms with Gasteiger partial charge in [-0.1, -0.05) is 12.1 Å². The second-order valence-electron chi connectivity index (χ2n) is 6.09. The molecule has 0 aliphatic carbocycles. The van der Waals surface area contributed by atoms with Gasteiger partial charge >= 0.3 is 6.09 Å². The van der Waals surface area contributed by atoms with Crippen molar-refractivity contribution in [2.45, 2.75) is 32.4 Å². The highest BCUT2D eigenvalue weighted by Gasteiger charge is 2.23. The molecule has 1 aliphatic heterocycles. The molecule has 1 aliphatic rings. The average molecular weight is 489 g/mol. The third kappa shape index (κ3) is 7.24. The zero-order valence-electron chi connectivity index (χ0n) is 15.7. The summed E-state index contributed by atoms with van der Waals surface area (Å²) in [6.07, 6.45) is 1.33. The first-order valence-electron chi connectivity index (χ1n) is 8.82. The van der Waals surface area contributed by atoms with Crippen molar-refractivity contribution in [3.8, 4) is 0 Å². The van der Waals surface area contributed by atoms with Gasteiger partial charge in [0.1, 0.15) is 0 Å². The first-order valence-corrected chi connectivity index (χ1v) is 8.82. The third-order valence-electron chi connectivity index (χ3n) is 4.22. The summed E-state index contributed by atoms with van der Waals surface area (Å²) in [7, 11) is 1.60. The van der Waals surface area contributed by atoms with Crippen LogP contribution in [0.25, 0.3) is 0 Å². The van der Waals surface area contributed by atoms with E-state index in [1.54, 1.807) is 31.0 Å². The summed E-state index contributed by atoms with van der Waals surface area (Å²) in [6.45, 7) is 3.85. The summed E-state index contributed by atoms with van der Waals surface area (Å²) in [5.41, 5.74) is 7.48. The van der Waals surface area contributed by atoms with Gasteiger partial charge in [0.25, 0.3) is 5.91 Å². The van der Waals surface area contributed by atoms with Gasteiger partial charge in [-0.05, 0) is 37.5 Å². The van der Waals surface area contributed by atoms with Gasteiger partial charge in [-0.15, -0.1) is 24.0 Å². The van der Waals surface area contributed by atoms with E-state index in [1.165, 1.54) is 0 Å². The highest BCUT2D eigenvalue weighted by atomic mass is 127. The monoisotopic (exact) mass is 489 g/mol. The van der Waals surface area contributed by atoms with E-state index < -0.39 is 0 Å². The number of carbonyl (C=O) groups excluding carboxylic acids is 2. The second kappa shape index (κ2) is 11.6. The van der Waals surface area contributed by atoms with Crippen LogP contribution >= 0.6 is 24.0 Å². The van der Waals surface area contributed by atoms with E-state index in [4.69, 9.17) is 10.5 Å².